The second kappa shape index (κ2) is 10.6. The number of sulfone groups is 1. The molecule has 33 heavy (non-hydrogen) atoms. The van der Waals surface area contributed by atoms with Crippen molar-refractivity contribution in [3.8, 4) is 11.8 Å². The van der Waals surface area contributed by atoms with Gasteiger partial charge in [0.25, 0.3) is 0 Å². The predicted octanol–water partition coefficient (Wildman–Crippen LogP) is 6.13. The van der Waals surface area contributed by atoms with Gasteiger partial charge in [0.1, 0.15) is 16.8 Å². The van der Waals surface area contributed by atoms with Crippen molar-refractivity contribution in [1.82, 2.24) is 0 Å². The minimum Gasteiger partial charge on any atom is -0.497 e. The normalized spacial score (nSPS) is 12.0. The molecule has 5 nitrogen and oxygen atoms in total. The Morgan fingerprint density at radius 3 is 2.27 bits per heavy atom. The van der Waals surface area contributed by atoms with Gasteiger partial charge in [-0.15, -0.1) is 11.8 Å². The summed E-state index contributed by atoms with van der Waals surface area (Å²) in [6, 6.07) is 21.6. The third-order valence-corrected chi connectivity index (χ3v) is 7.99. The average molecular weight is 479 g/mol. The van der Waals surface area contributed by atoms with E-state index in [9.17, 15) is 13.7 Å². The number of ether oxygens (including phenoxy) is 1. The summed E-state index contributed by atoms with van der Waals surface area (Å²) < 4.78 is 32.0. The van der Waals surface area contributed by atoms with Crippen LogP contribution in [0.25, 0.3) is 0 Å². The molecular weight excluding hydrogens is 452 g/mol. The van der Waals surface area contributed by atoms with Gasteiger partial charge in [-0.1, -0.05) is 48.0 Å². The van der Waals surface area contributed by atoms with Crippen molar-refractivity contribution in [2.75, 3.05) is 12.4 Å². The lowest BCUT2D eigenvalue weighted by Crippen LogP contribution is -2.11. The van der Waals surface area contributed by atoms with E-state index < -0.39 is 9.84 Å². The maximum Gasteiger partial charge on any atom is 0.219 e. The van der Waals surface area contributed by atoms with Gasteiger partial charge in [0.05, 0.1) is 12.0 Å². The molecule has 3 aromatic carbocycles. The van der Waals surface area contributed by atoms with Crippen LogP contribution in [0.1, 0.15) is 22.3 Å². The molecule has 0 aliphatic heterocycles. The van der Waals surface area contributed by atoms with Crippen LogP contribution in [0.4, 0.5) is 5.69 Å². The Kier molecular flexibility index (Phi) is 7.85. The number of rotatable bonds is 8. The molecule has 1 N–H and O–H groups in total. The van der Waals surface area contributed by atoms with Gasteiger partial charge in [-0.3, -0.25) is 0 Å². The minimum atomic E-state index is -4.01. The predicted molar refractivity (Wildman–Crippen MR) is 135 cm³/mol. The van der Waals surface area contributed by atoms with Gasteiger partial charge in [0.15, 0.2) is 4.91 Å². The van der Waals surface area contributed by atoms with Gasteiger partial charge < -0.3 is 10.1 Å². The molecule has 7 heteroatoms. The number of thioether (sulfide) groups is 1. The zero-order chi connectivity index (χ0) is 24.0. The number of hydrogen-bond acceptors (Lipinski definition) is 6. The summed E-state index contributed by atoms with van der Waals surface area (Å²) in [4.78, 5) is -0.221. The van der Waals surface area contributed by atoms with Crippen molar-refractivity contribution in [3.63, 3.8) is 0 Å². The molecule has 0 atom stereocenters. The van der Waals surface area contributed by atoms with Crippen LogP contribution in [0.15, 0.2) is 81.6 Å². The van der Waals surface area contributed by atoms with Gasteiger partial charge in [0, 0.05) is 11.4 Å². The van der Waals surface area contributed by atoms with E-state index in [0.29, 0.717) is 16.5 Å². The van der Waals surface area contributed by atoms with Crippen LogP contribution in [0.5, 0.6) is 5.75 Å². The van der Waals surface area contributed by atoms with Crippen LogP contribution >= 0.6 is 11.8 Å². The van der Waals surface area contributed by atoms with Gasteiger partial charge in [-0.05, 0) is 61.7 Å². The summed E-state index contributed by atoms with van der Waals surface area (Å²) in [7, 11) is -2.41. The quantitative estimate of drug-likeness (QED) is 0.392. The summed E-state index contributed by atoms with van der Waals surface area (Å²) >= 11 is 1.28. The van der Waals surface area contributed by atoms with Crippen molar-refractivity contribution >= 4 is 27.3 Å². The molecule has 0 aromatic heterocycles. The standard InChI is InChI=1S/C26H26N2O3S2/c1-18-13-19(2)25(20(3)14-18)28-26(32-17-21-9-8-10-22(15-21)31-4)24(16-27)33(29,30)23-11-6-5-7-12-23/h5-15,28H,17H2,1-4H3. The molecule has 3 rings (SSSR count). The Labute approximate surface area is 200 Å². The number of methoxy groups -OCH3 is 1. The van der Waals surface area contributed by atoms with E-state index >= 15 is 0 Å². The third kappa shape index (κ3) is 5.78. The highest BCUT2D eigenvalue weighted by Gasteiger charge is 2.26. The van der Waals surface area contributed by atoms with E-state index in [0.717, 1.165) is 27.9 Å². The van der Waals surface area contributed by atoms with Crippen molar-refractivity contribution < 1.29 is 13.2 Å². The lowest BCUT2D eigenvalue weighted by molar-refractivity contribution is 0.414. The fraction of sp³-hybridized carbons (Fsp3) is 0.192. The van der Waals surface area contributed by atoms with Gasteiger partial charge in [-0.2, -0.15) is 5.26 Å². The van der Waals surface area contributed by atoms with Crippen molar-refractivity contribution in [3.05, 3.63) is 98.9 Å². The molecule has 0 aliphatic carbocycles. The summed E-state index contributed by atoms with van der Waals surface area (Å²) in [5.41, 5.74) is 4.81. The first-order valence-electron chi connectivity index (χ1n) is 10.3. The highest BCUT2D eigenvalue weighted by atomic mass is 32.2. The van der Waals surface area contributed by atoms with E-state index in [2.05, 4.69) is 5.32 Å². The molecule has 0 bridgehead atoms. The molecular formula is C26H26N2O3S2. The summed E-state index contributed by atoms with van der Waals surface area (Å²) in [6.07, 6.45) is 0. The van der Waals surface area contributed by atoms with Crippen LogP contribution < -0.4 is 10.1 Å². The minimum absolute atomic E-state index is 0.0835. The molecule has 0 heterocycles. The average Bonchev–Trinajstić information content (AvgIpc) is 2.80. The van der Waals surface area contributed by atoms with Crippen LogP contribution in [0.3, 0.4) is 0 Å². The number of aryl methyl sites for hydroxylation is 3. The molecule has 0 aliphatic rings. The van der Waals surface area contributed by atoms with E-state index in [1.165, 1.54) is 23.9 Å². The van der Waals surface area contributed by atoms with E-state index in [-0.39, 0.29) is 9.80 Å². The molecule has 0 unspecified atom stereocenters. The fourth-order valence-corrected chi connectivity index (χ4v) is 6.03. The molecule has 0 radical (unpaired) electrons. The monoisotopic (exact) mass is 478 g/mol. The maximum atomic E-state index is 13.4. The molecule has 0 saturated heterocycles. The molecule has 3 aromatic rings. The highest BCUT2D eigenvalue weighted by Crippen LogP contribution is 2.34. The van der Waals surface area contributed by atoms with E-state index in [4.69, 9.17) is 4.74 Å². The first kappa shape index (κ1) is 24.4. The Hall–Kier alpha value is -3.21. The first-order valence-corrected chi connectivity index (χ1v) is 12.8. The molecule has 0 amide bonds. The second-order valence-electron chi connectivity index (χ2n) is 7.63. The summed E-state index contributed by atoms with van der Waals surface area (Å²) in [5, 5.41) is 13.5. The zero-order valence-electron chi connectivity index (χ0n) is 19.0. The Balaban J connectivity index is 2.10. The number of nitrogens with one attached hydrogen (secondary N) is 1. The van der Waals surface area contributed by atoms with Gasteiger partial charge >= 0.3 is 0 Å². The van der Waals surface area contributed by atoms with Gasteiger partial charge in [-0.25, -0.2) is 8.42 Å². The maximum absolute atomic E-state index is 13.4. The van der Waals surface area contributed by atoms with Crippen molar-refractivity contribution in [1.29, 1.82) is 5.26 Å². The van der Waals surface area contributed by atoms with Crippen LogP contribution in [0.2, 0.25) is 0 Å². The van der Waals surface area contributed by atoms with Gasteiger partial charge in [0.2, 0.25) is 9.84 Å². The molecule has 0 spiro atoms. The lowest BCUT2D eigenvalue weighted by Gasteiger charge is -2.18. The number of benzene rings is 3. The molecule has 0 saturated carbocycles. The Morgan fingerprint density at radius 2 is 1.67 bits per heavy atom. The number of nitrogens with zero attached hydrogens (tertiary/aromatic N) is 1. The SMILES string of the molecule is COc1cccc(CSC(Nc2c(C)cc(C)cc2C)=C(C#N)S(=O)(=O)c2ccccc2)c1. The molecule has 170 valence electrons. The number of allylic oxidation sites excluding steroid dienone is 1. The Bertz CT molecular complexity index is 1300. The van der Waals surface area contributed by atoms with Crippen LogP contribution in [0, 0.1) is 32.1 Å². The smallest absolute Gasteiger partial charge is 0.219 e. The third-order valence-electron chi connectivity index (χ3n) is 5.06. The van der Waals surface area contributed by atoms with Crippen molar-refractivity contribution in [2.24, 2.45) is 0 Å². The van der Waals surface area contributed by atoms with Crippen molar-refractivity contribution in [2.45, 2.75) is 31.4 Å². The second-order valence-corrected chi connectivity index (χ2v) is 10.5. The zero-order valence-corrected chi connectivity index (χ0v) is 20.7. The number of anilines is 1. The topological polar surface area (TPSA) is 79.2 Å². The van der Waals surface area contributed by atoms with E-state index in [1.54, 1.807) is 25.3 Å². The fourth-order valence-electron chi connectivity index (χ4n) is 3.52. The lowest BCUT2D eigenvalue weighted by atomic mass is 10.1. The highest BCUT2D eigenvalue weighted by molar-refractivity contribution is 8.04. The largest absolute Gasteiger partial charge is 0.497 e. The summed E-state index contributed by atoms with van der Waals surface area (Å²) in [5.74, 6) is 1.17. The number of nitriles is 1. The van der Waals surface area contributed by atoms with Crippen LogP contribution in [-0.2, 0) is 15.6 Å². The molecule has 0 fully saturated rings. The number of hydrogen-bond donors (Lipinski definition) is 1. The van der Waals surface area contributed by atoms with Crippen LogP contribution in [-0.4, -0.2) is 15.5 Å². The Morgan fingerprint density at radius 1 is 1.00 bits per heavy atom. The first-order chi connectivity index (χ1) is 15.8. The summed E-state index contributed by atoms with van der Waals surface area (Å²) in [6.45, 7) is 5.94. The van der Waals surface area contributed by atoms with E-state index in [1.807, 2.05) is 63.2 Å².